The van der Waals surface area contributed by atoms with Gasteiger partial charge in [-0.2, -0.15) is 0 Å². The van der Waals surface area contributed by atoms with Gasteiger partial charge in [0, 0.05) is 21.6 Å². The average Bonchev–Trinajstić information content (AvgIpc) is 2.91. The normalized spacial score (nSPS) is 12.5. The molecule has 0 saturated carbocycles. The Morgan fingerprint density at radius 1 is 1.29 bits per heavy atom. The van der Waals surface area contributed by atoms with E-state index in [4.69, 9.17) is 0 Å². The van der Waals surface area contributed by atoms with Crippen LogP contribution < -0.4 is 5.32 Å². The van der Waals surface area contributed by atoms with Gasteiger partial charge < -0.3 is 5.32 Å². The molecule has 0 aliphatic heterocycles. The molecule has 0 aliphatic rings. The minimum absolute atomic E-state index is 0.434. The zero-order valence-corrected chi connectivity index (χ0v) is 14.7. The van der Waals surface area contributed by atoms with Gasteiger partial charge in [-0.15, -0.1) is 23.1 Å². The van der Waals surface area contributed by atoms with Gasteiger partial charge in [0.05, 0.1) is 11.2 Å². The summed E-state index contributed by atoms with van der Waals surface area (Å²) in [6.07, 6.45) is 2.28. The van der Waals surface area contributed by atoms with Crippen LogP contribution in [0.2, 0.25) is 0 Å². The van der Waals surface area contributed by atoms with Crippen LogP contribution in [-0.2, 0) is 6.42 Å². The predicted molar refractivity (Wildman–Crippen MR) is 94.4 cm³/mol. The van der Waals surface area contributed by atoms with Gasteiger partial charge in [0.25, 0.3) is 0 Å². The first kappa shape index (κ1) is 16.5. The number of nitrogens with zero attached hydrogens (tertiary/aromatic N) is 1. The minimum atomic E-state index is 0.434. The molecule has 2 nitrogen and oxygen atoms in total. The van der Waals surface area contributed by atoms with Gasteiger partial charge in [-0.1, -0.05) is 19.1 Å². The summed E-state index contributed by atoms with van der Waals surface area (Å²) in [5.74, 6) is 1.12. The van der Waals surface area contributed by atoms with Crippen LogP contribution in [0.4, 0.5) is 0 Å². The van der Waals surface area contributed by atoms with E-state index in [1.54, 1.807) is 11.3 Å². The number of benzene rings is 1. The Bertz CT molecular complexity index is 534. The van der Waals surface area contributed by atoms with Crippen LogP contribution in [0.1, 0.15) is 42.4 Å². The van der Waals surface area contributed by atoms with E-state index in [2.05, 4.69) is 55.3 Å². The molecule has 0 fully saturated rings. The van der Waals surface area contributed by atoms with Crippen molar-refractivity contribution in [3.05, 3.63) is 45.9 Å². The molecular weight excluding hydrogens is 296 g/mol. The molecule has 0 bridgehead atoms. The zero-order chi connectivity index (χ0) is 15.1. The molecule has 0 aliphatic carbocycles. The molecular formula is C17H24N2S2. The van der Waals surface area contributed by atoms with Gasteiger partial charge in [0.15, 0.2) is 0 Å². The molecule has 1 aromatic heterocycles. The first-order valence-corrected chi connectivity index (χ1v) is 9.42. The van der Waals surface area contributed by atoms with Crippen molar-refractivity contribution in [1.82, 2.24) is 10.3 Å². The number of hydrogen-bond acceptors (Lipinski definition) is 4. The summed E-state index contributed by atoms with van der Waals surface area (Å²) in [6, 6.07) is 9.40. The Morgan fingerprint density at radius 3 is 2.67 bits per heavy atom. The van der Waals surface area contributed by atoms with E-state index in [1.807, 2.05) is 17.3 Å². The van der Waals surface area contributed by atoms with E-state index < -0.39 is 0 Å². The third-order valence-electron chi connectivity index (χ3n) is 3.52. The highest BCUT2D eigenvalue weighted by atomic mass is 32.2. The predicted octanol–water partition coefficient (Wildman–Crippen LogP) is 4.85. The highest BCUT2D eigenvalue weighted by Crippen LogP contribution is 2.23. The Balaban J connectivity index is 1.81. The number of aryl methyl sites for hydroxylation is 2. The van der Waals surface area contributed by atoms with Gasteiger partial charge in [0.1, 0.15) is 0 Å². The van der Waals surface area contributed by atoms with Crippen LogP contribution in [0, 0.1) is 6.92 Å². The molecule has 0 spiro atoms. The average molecular weight is 321 g/mol. The number of thioether (sulfide) groups is 1. The summed E-state index contributed by atoms with van der Waals surface area (Å²) in [6.45, 7) is 7.59. The topological polar surface area (TPSA) is 24.9 Å². The van der Waals surface area contributed by atoms with E-state index in [0.29, 0.717) is 6.04 Å². The number of aromatic nitrogens is 1. The van der Waals surface area contributed by atoms with E-state index in [9.17, 15) is 0 Å². The quantitative estimate of drug-likeness (QED) is 0.704. The van der Waals surface area contributed by atoms with Crippen LogP contribution in [0.15, 0.2) is 34.7 Å². The summed E-state index contributed by atoms with van der Waals surface area (Å²) >= 11 is 3.69. The fourth-order valence-electron chi connectivity index (χ4n) is 2.16. The Hall–Kier alpha value is -0.840. The fourth-order valence-corrected chi connectivity index (χ4v) is 3.94. The maximum atomic E-state index is 4.30. The molecule has 114 valence electrons. The van der Waals surface area contributed by atoms with Crippen molar-refractivity contribution in [2.24, 2.45) is 0 Å². The third-order valence-corrected chi connectivity index (χ3v) is 5.53. The lowest BCUT2D eigenvalue weighted by molar-refractivity contribution is 0.570. The van der Waals surface area contributed by atoms with Crippen LogP contribution in [-0.4, -0.2) is 17.3 Å². The Kier molecular flexibility index (Phi) is 6.74. The number of rotatable bonds is 8. The van der Waals surface area contributed by atoms with E-state index in [0.717, 1.165) is 18.7 Å². The van der Waals surface area contributed by atoms with Crippen molar-refractivity contribution in [2.45, 2.75) is 44.6 Å². The molecule has 1 atom stereocenters. The molecule has 0 saturated heterocycles. The van der Waals surface area contributed by atoms with Gasteiger partial charge in [-0.05, 0) is 50.9 Å². The lowest BCUT2D eigenvalue weighted by Gasteiger charge is -2.14. The van der Waals surface area contributed by atoms with E-state index >= 15 is 0 Å². The molecule has 1 N–H and O–H groups in total. The highest BCUT2D eigenvalue weighted by molar-refractivity contribution is 7.99. The summed E-state index contributed by atoms with van der Waals surface area (Å²) in [4.78, 5) is 7.06. The molecule has 21 heavy (non-hydrogen) atoms. The fraction of sp³-hybridized carbons (Fsp3) is 0.471. The summed E-state index contributed by atoms with van der Waals surface area (Å²) in [5.41, 5.74) is 4.49. The van der Waals surface area contributed by atoms with Crippen molar-refractivity contribution >= 4 is 23.1 Å². The summed E-state index contributed by atoms with van der Waals surface area (Å²) in [7, 11) is 0. The van der Waals surface area contributed by atoms with Crippen molar-refractivity contribution in [1.29, 1.82) is 0 Å². The lowest BCUT2D eigenvalue weighted by Crippen LogP contribution is -2.19. The maximum absolute atomic E-state index is 4.30. The smallest absolute Gasteiger partial charge is 0.0797 e. The van der Waals surface area contributed by atoms with Crippen molar-refractivity contribution in [3.8, 4) is 0 Å². The standard InChI is InChI=1S/C17H24N2S2/c1-4-10-18-13(2)15-5-7-16(8-6-15)20-11-9-17-14(3)19-12-21-17/h5-8,12-13,18H,4,9-11H2,1-3H3. The van der Waals surface area contributed by atoms with Crippen molar-refractivity contribution in [3.63, 3.8) is 0 Å². The molecule has 2 aromatic rings. The van der Waals surface area contributed by atoms with E-state index in [-0.39, 0.29) is 0 Å². The molecule has 0 amide bonds. The van der Waals surface area contributed by atoms with Crippen LogP contribution in [0.25, 0.3) is 0 Å². The van der Waals surface area contributed by atoms with Crippen LogP contribution in [0.5, 0.6) is 0 Å². The van der Waals surface area contributed by atoms with Crippen LogP contribution in [0.3, 0.4) is 0 Å². The zero-order valence-electron chi connectivity index (χ0n) is 13.1. The highest BCUT2D eigenvalue weighted by Gasteiger charge is 2.05. The van der Waals surface area contributed by atoms with Gasteiger partial charge in [0.2, 0.25) is 0 Å². The number of nitrogens with one attached hydrogen (secondary N) is 1. The Labute approximate surface area is 136 Å². The van der Waals surface area contributed by atoms with Crippen molar-refractivity contribution in [2.75, 3.05) is 12.3 Å². The third kappa shape index (κ3) is 5.13. The molecule has 4 heteroatoms. The minimum Gasteiger partial charge on any atom is -0.310 e. The first-order chi connectivity index (χ1) is 10.2. The maximum Gasteiger partial charge on any atom is 0.0797 e. The Morgan fingerprint density at radius 2 is 2.05 bits per heavy atom. The second-order valence-electron chi connectivity index (χ2n) is 5.20. The summed E-state index contributed by atoms with van der Waals surface area (Å²) in [5, 5.41) is 3.52. The lowest BCUT2D eigenvalue weighted by atomic mass is 10.1. The van der Waals surface area contributed by atoms with Gasteiger partial charge >= 0.3 is 0 Å². The largest absolute Gasteiger partial charge is 0.310 e. The van der Waals surface area contributed by atoms with Crippen molar-refractivity contribution < 1.29 is 0 Å². The monoisotopic (exact) mass is 320 g/mol. The molecule has 0 radical (unpaired) electrons. The second kappa shape index (κ2) is 8.57. The molecule has 2 rings (SSSR count). The summed E-state index contributed by atoms with van der Waals surface area (Å²) < 4.78 is 0. The SMILES string of the molecule is CCCNC(C)c1ccc(SCCc2scnc2C)cc1. The molecule has 1 unspecified atom stereocenters. The van der Waals surface area contributed by atoms with E-state index in [1.165, 1.54) is 27.5 Å². The number of hydrogen-bond donors (Lipinski definition) is 1. The molecule has 1 aromatic carbocycles. The first-order valence-electron chi connectivity index (χ1n) is 7.55. The number of thiazole rings is 1. The second-order valence-corrected chi connectivity index (χ2v) is 7.31. The van der Waals surface area contributed by atoms with Crippen LogP contribution >= 0.6 is 23.1 Å². The molecule has 1 heterocycles. The van der Waals surface area contributed by atoms with Gasteiger partial charge in [-0.3, -0.25) is 0 Å². The van der Waals surface area contributed by atoms with Gasteiger partial charge in [-0.25, -0.2) is 4.98 Å².